The van der Waals surface area contributed by atoms with Crippen LogP contribution in [-0.2, 0) is 9.22 Å². The SMILES string of the molecule is CC1(C)[C@H]2C[C@@](C)(CC=O)[C@]1(C)CCC[C@H]2O[Si](C)(C)C(C)(C)C. The van der Waals surface area contributed by atoms with Gasteiger partial charge in [0, 0.05) is 12.5 Å². The van der Waals surface area contributed by atoms with Crippen LogP contribution in [-0.4, -0.2) is 20.7 Å². The number of carbonyl (C=O) groups is 1. The Labute approximate surface area is 151 Å². The summed E-state index contributed by atoms with van der Waals surface area (Å²) in [6.07, 6.45) is 6.97. The maximum atomic E-state index is 11.4. The van der Waals surface area contributed by atoms with E-state index in [-0.39, 0.29) is 21.3 Å². The van der Waals surface area contributed by atoms with Gasteiger partial charge in [-0.15, -0.1) is 0 Å². The predicted octanol–water partition coefficient (Wildman–Crippen LogP) is 6.21. The van der Waals surface area contributed by atoms with Crippen LogP contribution in [0.2, 0.25) is 18.1 Å². The molecule has 0 radical (unpaired) electrons. The van der Waals surface area contributed by atoms with E-state index < -0.39 is 8.32 Å². The van der Waals surface area contributed by atoms with Crippen molar-refractivity contribution < 1.29 is 9.22 Å². The Morgan fingerprint density at radius 2 is 1.75 bits per heavy atom. The first-order valence-corrected chi connectivity index (χ1v) is 12.7. The van der Waals surface area contributed by atoms with Gasteiger partial charge < -0.3 is 9.22 Å². The van der Waals surface area contributed by atoms with Crippen molar-refractivity contribution in [3.05, 3.63) is 0 Å². The van der Waals surface area contributed by atoms with Crippen LogP contribution < -0.4 is 0 Å². The van der Waals surface area contributed by atoms with Gasteiger partial charge in [-0.25, -0.2) is 0 Å². The number of fused-ring (bicyclic) bond motifs is 2. The summed E-state index contributed by atoms with van der Waals surface area (Å²) in [6.45, 7) is 21.4. The molecule has 0 aromatic heterocycles. The molecule has 2 aliphatic rings. The molecule has 4 atom stereocenters. The summed E-state index contributed by atoms with van der Waals surface area (Å²) in [7, 11) is -1.78. The number of hydrogen-bond acceptors (Lipinski definition) is 2. The van der Waals surface area contributed by atoms with Crippen molar-refractivity contribution in [3.63, 3.8) is 0 Å². The molecule has 24 heavy (non-hydrogen) atoms. The van der Waals surface area contributed by atoms with Crippen molar-refractivity contribution in [2.45, 2.75) is 105 Å². The molecule has 2 saturated carbocycles. The van der Waals surface area contributed by atoms with E-state index in [1.165, 1.54) is 19.3 Å². The second-order valence-corrected chi connectivity index (χ2v) is 15.9. The third-order valence-electron chi connectivity index (χ3n) is 8.75. The van der Waals surface area contributed by atoms with Crippen LogP contribution in [0.25, 0.3) is 0 Å². The molecule has 140 valence electrons. The van der Waals surface area contributed by atoms with E-state index in [1.54, 1.807) is 0 Å². The van der Waals surface area contributed by atoms with Crippen LogP contribution in [0.5, 0.6) is 0 Å². The van der Waals surface area contributed by atoms with Crippen LogP contribution in [0.15, 0.2) is 0 Å². The summed E-state index contributed by atoms with van der Waals surface area (Å²) in [5, 5.41) is 0.247. The highest BCUT2D eigenvalue weighted by molar-refractivity contribution is 6.74. The van der Waals surface area contributed by atoms with Gasteiger partial charge in [0.2, 0.25) is 0 Å². The molecule has 2 aliphatic carbocycles. The Bertz CT molecular complexity index is 491. The smallest absolute Gasteiger partial charge is 0.192 e. The van der Waals surface area contributed by atoms with Crippen LogP contribution in [0.1, 0.15) is 80.6 Å². The molecule has 0 aromatic rings. The molecule has 0 N–H and O–H groups in total. The van der Waals surface area contributed by atoms with Gasteiger partial charge in [-0.1, -0.05) is 54.9 Å². The molecule has 0 heterocycles. The van der Waals surface area contributed by atoms with E-state index in [1.807, 2.05) is 0 Å². The van der Waals surface area contributed by atoms with Crippen LogP contribution in [0, 0.1) is 22.2 Å². The van der Waals surface area contributed by atoms with E-state index in [9.17, 15) is 4.79 Å². The topological polar surface area (TPSA) is 26.3 Å². The van der Waals surface area contributed by atoms with Gasteiger partial charge in [-0.05, 0) is 59.6 Å². The quantitative estimate of drug-likeness (QED) is 0.444. The summed E-state index contributed by atoms with van der Waals surface area (Å²) < 4.78 is 6.96. The average Bonchev–Trinajstić information content (AvgIpc) is 2.48. The monoisotopic (exact) mass is 352 g/mol. The van der Waals surface area contributed by atoms with E-state index in [0.717, 1.165) is 12.7 Å². The molecule has 0 amide bonds. The highest BCUT2D eigenvalue weighted by Gasteiger charge is 2.65. The maximum Gasteiger partial charge on any atom is 0.192 e. The van der Waals surface area contributed by atoms with Gasteiger partial charge in [0.05, 0.1) is 0 Å². The lowest BCUT2D eigenvalue weighted by Gasteiger charge is -2.49. The first-order valence-electron chi connectivity index (χ1n) is 9.83. The molecule has 2 bridgehead atoms. The van der Waals surface area contributed by atoms with E-state index in [2.05, 4.69) is 61.6 Å². The predicted molar refractivity (Wildman–Crippen MR) is 105 cm³/mol. The lowest BCUT2D eigenvalue weighted by atomic mass is 9.56. The van der Waals surface area contributed by atoms with Crippen molar-refractivity contribution in [1.29, 1.82) is 0 Å². The summed E-state index contributed by atoms with van der Waals surface area (Å²) in [6, 6.07) is 0. The van der Waals surface area contributed by atoms with Crippen LogP contribution in [0.4, 0.5) is 0 Å². The lowest BCUT2D eigenvalue weighted by molar-refractivity contribution is -0.112. The van der Waals surface area contributed by atoms with Crippen molar-refractivity contribution >= 4 is 14.6 Å². The van der Waals surface area contributed by atoms with Gasteiger partial charge in [0.25, 0.3) is 0 Å². The second-order valence-electron chi connectivity index (χ2n) is 11.1. The molecule has 0 saturated heterocycles. The molecule has 2 fully saturated rings. The van der Waals surface area contributed by atoms with E-state index in [4.69, 9.17) is 4.43 Å². The first-order chi connectivity index (χ1) is 10.7. The molecule has 0 unspecified atom stereocenters. The lowest BCUT2D eigenvalue weighted by Crippen LogP contribution is -2.47. The van der Waals surface area contributed by atoms with Crippen molar-refractivity contribution in [2.75, 3.05) is 0 Å². The Hall–Kier alpha value is -0.153. The normalized spacial score (nSPS) is 39.5. The fourth-order valence-corrected chi connectivity index (χ4v) is 6.81. The molecule has 0 aliphatic heterocycles. The number of carbonyl (C=O) groups excluding carboxylic acids is 1. The van der Waals surface area contributed by atoms with Gasteiger partial charge in [0.15, 0.2) is 8.32 Å². The fraction of sp³-hybridized carbons (Fsp3) is 0.952. The highest BCUT2D eigenvalue weighted by atomic mass is 28.4. The zero-order valence-electron chi connectivity index (χ0n) is 17.6. The molecule has 0 aromatic carbocycles. The molecule has 3 heteroatoms. The third-order valence-corrected chi connectivity index (χ3v) is 13.3. The standard InChI is InChI=1S/C21H40O2Si/c1-18(2,3)24(8,9)23-17-11-10-12-21(7)19(4,5)16(17)15-20(21,6)13-14-22/h14,16-17H,10-13,15H2,1-9H3/t16-,17+,20+,21+/m0/s1. The summed E-state index contributed by atoms with van der Waals surface area (Å²) >= 11 is 0. The highest BCUT2D eigenvalue weighted by Crippen LogP contribution is 2.70. The van der Waals surface area contributed by atoms with E-state index in [0.29, 0.717) is 18.4 Å². The van der Waals surface area contributed by atoms with Gasteiger partial charge >= 0.3 is 0 Å². The zero-order chi connectivity index (χ0) is 18.6. The van der Waals surface area contributed by atoms with Crippen molar-refractivity contribution in [3.8, 4) is 0 Å². The largest absolute Gasteiger partial charge is 0.414 e. The molecule has 2 nitrogen and oxygen atoms in total. The number of rotatable bonds is 4. The summed E-state index contributed by atoms with van der Waals surface area (Å²) in [4.78, 5) is 11.4. The minimum absolute atomic E-state index is 0.110. The minimum Gasteiger partial charge on any atom is -0.414 e. The molecule has 2 rings (SSSR count). The van der Waals surface area contributed by atoms with Crippen molar-refractivity contribution in [2.24, 2.45) is 22.2 Å². The molecular weight excluding hydrogens is 312 g/mol. The number of hydrogen-bond donors (Lipinski definition) is 0. The maximum absolute atomic E-state index is 11.4. The van der Waals surface area contributed by atoms with Gasteiger partial charge in [-0.3, -0.25) is 0 Å². The fourth-order valence-electron chi connectivity index (χ4n) is 5.42. The first kappa shape index (κ1) is 20.2. The van der Waals surface area contributed by atoms with Crippen molar-refractivity contribution in [1.82, 2.24) is 0 Å². The average molecular weight is 353 g/mol. The van der Waals surface area contributed by atoms with Gasteiger partial charge in [-0.2, -0.15) is 0 Å². The van der Waals surface area contributed by atoms with Crippen LogP contribution in [0.3, 0.4) is 0 Å². The summed E-state index contributed by atoms with van der Waals surface area (Å²) in [5.41, 5.74) is 0.545. The Morgan fingerprint density at radius 3 is 2.25 bits per heavy atom. The third kappa shape index (κ3) is 2.84. The summed E-state index contributed by atoms with van der Waals surface area (Å²) in [5.74, 6) is 0.559. The Morgan fingerprint density at radius 1 is 1.17 bits per heavy atom. The minimum atomic E-state index is -1.78. The molecular formula is C21H40O2Si. The van der Waals surface area contributed by atoms with Crippen LogP contribution >= 0.6 is 0 Å². The van der Waals surface area contributed by atoms with Gasteiger partial charge in [0.1, 0.15) is 6.29 Å². The second kappa shape index (κ2) is 5.94. The number of aldehydes is 1. The Kier molecular flexibility index (Phi) is 4.99. The molecule has 0 spiro atoms. The zero-order valence-corrected chi connectivity index (χ0v) is 18.6. The Balaban J connectivity index is 2.38. The van der Waals surface area contributed by atoms with E-state index >= 15 is 0 Å².